The minimum Gasteiger partial charge on any atom is -0.389 e. The highest BCUT2D eigenvalue weighted by molar-refractivity contribution is 7.80. The fourth-order valence-corrected chi connectivity index (χ4v) is 1.59. The average molecular weight is 254 g/mol. The lowest BCUT2D eigenvalue weighted by atomic mass is 9.90. The second-order valence-electron chi connectivity index (χ2n) is 4.90. The largest absolute Gasteiger partial charge is 0.389 e. The molecular formula is C13H19FN2S. The minimum atomic E-state index is -0.378. The van der Waals surface area contributed by atoms with Gasteiger partial charge in [0.2, 0.25) is 0 Å². The normalized spacial score (nSPS) is 11.3. The van der Waals surface area contributed by atoms with Gasteiger partial charge in [0.1, 0.15) is 10.8 Å². The predicted molar refractivity (Wildman–Crippen MR) is 74.8 cm³/mol. The summed E-state index contributed by atoms with van der Waals surface area (Å²) in [6.45, 7) is 7.18. The Morgan fingerprint density at radius 1 is 1.47 bits per heavy atom. The lowest BCUT2D eigenvalue weighted by Crippen LogP contribution is -2.24. The van der Waals surface area contributed by atoms with Crippen LogP contribution in [0.15, 0.2) is 18.2 Å². The number of hydrogen-bond acceptors (Lipinski definition) is 2. The van der Waals surface area contributed by atoms with Crippen LogP contribution in [0.4, 0.5) is 10.1 Å². The van der Waals surface area contributed by atoms with E-state index < -0.39 is 0 Å². The van der Waals surface area contributed by atoms with Crippen LogP contribution >= 0.6 is 12.2 Å². The van der Waals surface area contributed by atoms with Gasteiger partial charge in [0.15, 0.2) is 0 Å². The molecule has 0 atom stereocenters. The van der Waals surface area contributed by atoms with E-state index in [0.29, 0.717) is 11.3 Å². The van der Waals surface area contributed by atoms with Crippen molar-refractivity contribution in [3.05, 3.63) is 29.6 Å². The molecule has 0 fully saturated rings. The molecule has 0 heterocycles. The second-order valence-corrected chi connectivity index (χ2v) is 5.34. The zero-order valence-electron chi connectivity index (χ0n) is 10.5. The fraction of sp³-hybridized carbons (Fsp3) is 0.462. The maximum Gasteiger partial charge on any atom is 0.135 e. The SMILES string of the molecule is CCC(C)(C)CNc1cccc(F)c1C(N)=S. The van der Waals surface area contributed by atoms with Gasteiger partial charge in [0.05, 0.1) is 5.56 Å². The summed E-state index contributed by atoms with van der Waals surface area (Å²) in [6.07, 6.45) is 1.04. The summed E-state index contributed by atoms with van der Waals surface area (Å²) in [6, 6.07) is 4.81. The smallest absolute Gasteiger partial charge is 0.135 e. The van der Waals surface area contributed by atoms with Crippen molar-refractivity contribution in [2.75, 3.05) is 11.9 Å². The highest BCUT2D eigenvalue weighted by atomic mass is 32.1. The first-order valence-electron chi connectivity index (χ1n) is 5.69. The molecule has 0 aliphatic rings. The van der Waals surface area contributed by atoms with Crippen LogP contribution in [0.1, 0.15) is 32.8 Å². The van der Waals surface area contributed by atoms with E-state index in [2.05, 4.69) is 26.1 Å². The Balaban J connectivity index is 2.92. The molecule has 0 unspecified atom stereocenters. The van der Waals surface area contributed by atoms with Gasteiger partial charge in [-0.25, -0.2) is 4.39 Å². The molecule has 0 aromatic heterocycles. The number of hydrogen-bond donors (Lipinski definition) is 2. The number of nitrogens with two attached hydrogens (primary N) is 1. The van der Waals surface area contributed by atoms with Crippen LogP contribution in [-0.2, 0) is 0 Å². The lowest BCUT2D eigenvalue weighted by Gasteiger charge is -2.24. The summed E-state index contributed by atoms with van der Waals surface area (Å²) < 4.78 is 13.6. The van der Waals surface area contributed by atoms with E-state index in [0.717, 1.165) is 13.0 Å². The van der Waals surface area contributed by atoms with E-state index in [1.807, 2.05) is 0 Å². The summed E-state index contributed by atoms with van der Waals surface area (Å²) in [5.74, 6) is -0.378. The van der Waals surface area contributed by atoms with E-state index in [4.69, 9.17) is 18.0 Å². The van der Waals surface area contributed by atoms with E-state index in [1.165, 1.54) is 6.07 Å². The first kappa shape index (κ1) is 13.9. The number of thiocarbonyl (C=S) groups is 1. The molecule has 4 heteroatoms. The van der Waals surface area contributed by atoms with Gasteiger partial charge in [-0.2, -0.15) is 0 Å². The number of nitrogens with one attached hydrogen (secondary N) is 1. The van der Waals surface area contributed by atoms with Crippen LogP contribution in [0.25, 0.3) is 0 Å². The van der Waals surface area contributed by atoms with Crippen LogP contribution in [0, 0.1) is 11.2 Å². The predicted octanol–water partition coefficient (Wildman–Crippen LogP) is 3.31. The number of benzene rings is 1. The van der Waals surface area contributed by atoms with Crippen molar-refractivity contribution in [3.8, 4) is 0 Å². The van der Waals surface area contributed by atoms with Crippen LogP contribution in [0.3, 0.4) is 0 Å². The van der Waals surface area contributed by atoms with Crippen LogP contribution in [-0.4, -0.2) is 11.5 Å². The molecule has 1 aromatic rings. The first-order valence-corrected chi connectivity index (χ1v) is 6.10. The fourth-order valence-electron chi connectivity index (χ4n) is 1.38. The van der Waals surface area contributed by atoms with Crippen molar-refractivity contribution in [1.29, 1.82) is 0 Å². The van der Waals surface area contributed by atoms with Crippen molar-refractivity contribution in [2.24, 2.45) is 11.1 Å². The summed E-state index contributed by atoms with van der Waals surface area (Å²) in [5.41, 5.74) is 6.66. The third-order valence-electron chi connectivity index (χ3n) is 2.97. The molecule has 0 saturated carbocycles. The van der Waals surface area contributed by atoms with Gasteiger partial charge in [-0.15, -0.1) is 0 Å². The first-order chi connectivity index (χ1) is 7.87. The Kier molecular flexibility index (Phi) is 4.46. The molecule has 1 rings (SSSR count). The minimum absolute atomic E-state index is 0.0832. The molecule has 1 aromatic carbocycles. The quantitative estimate of drug-likeness (QED) is 0.792. The molecule has 0 saturated heterocycles. The zero-order chi connectivity index (χ0) is 13.1. The second kappa shape index (κ2) is 5.45. The van der Waals surface area contributed by atoms with Crippen molar-refractivity contribution in [1.82, 2.24) is 0 Å². The molecule has 2 nitrogen and oxygen atoms in total. The van der Waals surface area contributed by atoms with Gasteiger partial charge in [0.25, 0.3) is 0 Å². The number of halogens is 1. The van der Waals surface area contributed by atoms with Crippen molar-refractivity contribution in [3.63, 3.8) is 0 Å². The molecule has 0 aliphatic carbocycles. The van der Waals surface area contributed by atoms with Crippen LogP contribution in [0.5, 0.6) is 0 Å². The van der Waals surface area contributed by atoms with E-state index in [1.54, 1.807) is 12.1 Å². The molecule has 0 radical (unpaired) electrons. The Morgan fingerprint density at radius 3 is 2.65 bits per heavy atom. The summed E-state index contributed by atoms with van der Waals surface area (Å²) >= 11 is 4.87. The zero-order valence-corrected chi connectivity index (χ0v) is 11.3. The molecule has 0 spiro atoms. The van der Waals surface area contributed by atoms with Gasteiger partial charge in [-0.1, -0.05) is 39.1 Å². The van der Waals surface area contributed by atoms with Crippen LogP contribution in [0.2, 0.25) is 0 Å². The van der Waals surface area contributed by atoms with Gasteiger partial charge in [0, 0.05) is 12.2 Å². The summed E-state index contributed by atoms with van der Waals surface area (Å²) in [5, 5.41) is 3.22. The van der Waals surface area contributed by atoms with E-state index >= 15 is 0 Å². The molecule has 0 bridgehead atoms. The Morgan fingerprint density at radius 2 is 2.12 bits per heavy atom. The van der Waals surface area contributed by atoms with Crippen molar-refractivity contribution < 1.29 is 4.39 Å². The molecule has 3 N–H and O–H groups in total. The standard InChI is InChI=1S/C13H19FN2S/c1-4-13(2,3)8-16-10-7-5-6-9(14)11(10)12(15)17/h5-7,16H,4,8H2,1-3H3,(H2,15,17). The highest BCUT2D eigenvalue weighted by Crippen LogP contribution is 2.23. The average Bonchev–Trinajstić information content (AvgIpc) is 2.26. The topological polar surface area (TPSA) is 38.0 Å². The van der Waals surface area contributed by atoms with Gasteiger partial charge >= 0.3 is 0 Å². The monoisotopic (exact) mass is 254 g/mol. The molecule has 0 aliphatic heterocycles. The summed E-state index contributed by atoms with van der Waals surface area (Å²) in [4.78, 5) is 0.0832. The number of anilines is 1. The van der Waals surface area contributed by atoms with E-state index in [9.17, 15) is 4.39 Å². The van der Waals surface area contributed by atoms with Crippen molar-refractivity contribution >= 4 is 22.9 Å². The highest BCUT2D eigenvalue weighted by Gasteiger charge is 2.17. The third-order valence-corrected chi connectivity index (χ3v) is 3.18. The maximum absolute atomic E-state index is 13.6. The Labute approximate surface area is 107 Å². The van der Waals surface area contributed by atoms with Crippen molar-refractivity contribution in [2.45, 2.75) is 27.2 Å². The summed E-state index contributed by atoms with van der Waals surface area (Å²) in [7, 11) is 0. The van der Waals surface area contributed by atoms with Crippen LogP contribution < -0.4 is 11.1 Å². The molecule has 94 valence electrons. The number of rotatable bonds is 5. The van der Waals surface area contributed by atoms with Gasteiger partial charge < -0.3 is 11.1 Å². The Hall–Kier alpha value is -1.16. The Bertz CT molecular complexity index is 416. The maximum atomic E-state index is 13.6. The lowest BCUT2D eigenvalue weighted by molar-refractivity contribution is 0.377. The van der Waals surface area contributed by atoms with Gasteiger partial charge in [-0.05, 0) is 24.0 Å². The molecule has 0 amide bonds. The third kappa shape index (κ3) is 3.66. The molecule has 17 heavy (non-hydrogen) atoms. The van der Waals surface area contributed by atoms with Gasteiger partial charge in [-0.3, -0.25) is 0 Å². The van der Waals surface area contributed by atoms with E-state index in [-0.39, 0.29) is 16.2 Å². The molecular weight excluding hydrogens is 235 g/mol.